The van der Waals surface area contributed by atoms with E-state index in [1.54, 1.807) is 12.1 Å². The summed E-state index contributed by atoms with van der Waals surface area (Å²) in [4.78, 5) is 39.8. The van der Waals surface area contributed by atoms with Crippen LogP contribution in [0.3, 0.4) is 0 Å². The van der Waals surface area contributed by atoms with Crippen LogP contribution >= 0.6 is 0 Å². The number of nitrogens with one attached hydrogen (secondary N) is 1. The normalized spacial score (nSPS) is 19.3. The van der Waals surface area contributed by atoms with Crippen LogP contribution in [0.25, 0.3) is 5.82 Å². The van der Waals surface area contributed by atoms with Crippen molar-refractivity contribution in [1.29, 1.82) is 0 Å². The first kappa shape index (κ1) is 19.4. The van der Waals surface area contributed by atoms with Crippen LogP contribution in [0, 0.1) is 13.8 Å². The fourth-order valence-electron chi connectivity index (χ4n) is 4.62. The summed E-state index contributed by atoms with van der Waals surface area (Å²) in [6.07, 6.45) is 7.87. The summed E-state index contributed by atoms with van der Waals surface area (Å²) < 4.78 is 6.72. The van der Waals surface area contributed by atoms with Crippen molar-refractivity contribution in [3.05, 3.63) is 35.3 Å². The van der Waals surface area contributed by atoms with Crippen LogP contribution in [0.2, 0.25) is 0 Å². The molecule has 2 aromatic rings. The van der Waals surface area contributed by atoms with E-state index < -0.39 is 11.6 Å². The van der Waals surface area contributed by atoms with Gasteiger partial charge in [0.25, 0.3) is 5.91 Å². The van der Waals surface area contributed by atoms with Gasteiger partial charge in [-0.2, -0.15) is 0 Å². The number of carbonyl (C=O) groups is 3. The molecular weight excluding hydrogens is 372 g/mol. The Balaban J connectivity index is 1.55. The molecule has 0 radical (unpaired) electrons. The number of rotatable bonds is 4. The topological polar surface area (TPSA) is 97.4 Å². The molecule has 29 heavy (non-hydrogen) atoms. The number of Topliss-reactive ketones (excluding diaryl/α,β-unsaturated/α-hetero) is 1. The molecule has 1 aliphatic heterocycles. The summed E-state index contributed by atoms with van der Waals surface area (Å²) in [6, 6.07) is 3.01. The van der Waals surface area contributed by atoms with Crippen molar-refractivity contribution in [2.24, 2.45) is 0 Å². The SMILES string of the molecule is Cc1cc(C(=O)CN2C(=O)NC3(CCCCCCC3)C2=O)c(C)n1-c1ccon1. The molecule has 0 aromatic carbocycles. The Hall–Kier alpha value is -2.90. The lowest BCUT2D eigenvalue weighted by atomic mass is 9.84. The second-order valence-corrected chi connectivity index (χ2v) is 8.07. The molecule has 3 amide bonds. The molecule has 2 aliphatic rings. The lowest BCUT2D eigenvalue weighted by Gasteiger charge is -2.28. The number of nitrogens with zero attached hydrogens (tertiary/aromatic N) is 3. The van der Waals surface area contributed by atoms with Crippen molar-refractivity contribution in [2.45, 2.75) is 64.3 Å². The molecule has 8 nitrogen and oxygen atoms in total. The van der Waals surface area contributed by atoms with E-state index in [0.717, 1.165) is 36.3 Å². The Morgan fingerprint density at radius 1 is 1.17 bits per heavy atom. The largest absolute Gasteiger partial charge is 0.363 e. The summed E-state index contributed by atoms with van der Waals surface area (Å²) >= 11 is 0. The van der Waals surface area contributed by atoms with Gasteiger partial charge in [-0.25, -0.2) is 4.79 Å². The fourth-order valence-corrected chi connectivity index (χ4v) is 4.62. The van der Waals surface area contributed by atoms with E-state index in [9.17, 15) is 14.4 Å². The van der Waals surface area contributed by atoms with Gasteiger partial charge < -0.3 is 9.84 Å². The van der Waals surface area contributed by atoms with Crippen molar-refractivity contribution < 1.29 is 18.9 Å². The highest BCUT2D eigenvalue weighted by atomic mass is 16.5. The minimum Gasteiger partial charge on any atom is -0.363 e. The highest BCUT2D eigenvalue weighted by Gasteiger charge is 2.50. The maximum atomic E-state index is 13.1. The Morgan fingerprint density at radius 3 is 2.52 bits per heavy atom. The quantitative estimate of drug-likeness (QED) is 0.629. The Kier molecular flexibility index (Phi) is 5.02. The summed E-state index contributed by atoms with van der Waals surface area (Å²) in [5.74, 6) is 0.0600. The summed E-state index contributed by atoms with van der Waals surface area (Å²) in [6.45, 7) is 3.43. The van der Waals surface area contributed by atoms with E-state index >= 15 is 0 Å². The molecular formula is C21H26N4O4. The zero-order valence-electron chi connectivity index (χ0n) is 16.9. The van der Waals surface area contributed by atoms with E-state index in [-0.39, 0.29) is 18.2 Å². The summed E-state index contributed by atoms with van der Waals surface area (Å²) in [7, 11) is 0. The number of imide groups is 1. The van der Waals surface area contributed by atoms with Crippen LogP contribution in [-0.2, 0) is 4.79 Å². The van der Waals surface area contributed by atoms with Crippen molar-refractivity contribution in [3.8, 4) is 5.82 Å². The van der Waals surface area contributed by atoms with Crippen molar-refractivity contribution in [2.75, 3.05) is 6.54 Å². The number of hydrogen-bond donors (Lipinski definition) is 1. The van der Waals surface area contributed by atoms with E-state index in [1.807, 2.05) is 18.4 Å². The van der Waals surface area contributed by atoms with Gasteiger partial charge in [0.1, 0.15) is 11.8 Å². The first-order valence-electron chi connectivity index (χ1n) is 10.2. The van der Waals surface area contributed by atoms with Crippen molar-refractivity contribution >= 4 is 17.7 Å². The monoisotopic (exact) mass is 398 g/mol. The maximum Gasteiger partial charge on any atom is 0.325 e. The number of amides is 3. The smallest absolute Gasteiger partial charge is 0.325 e. The average molecular weight is 398 g/mol. The van der Waals surface area contributed by atoms with Gasteiger partial charge in [0.2, 0.25) is 0 Å². The van der Waals surface area contributed by atoms with E-state index in [4.69, 9.17) is 4.52 Å². The predicted octanol–water partition coefficient (Wildman–Crippen LogP) is 3.30. The van der Waals surface area contributed by atoms with Crippen LogP contribution < -0.4 is 5.32 Å². The number of carbonyl (C=O) groups excluding carboxylic acids is 3. The minimum absolute atomic E-state index is 0.254. The first-order valence-corrected chi connectivity index (χ1v) is 10.2. The molecule has 1 saturated heterocycles. The van der Waals surface area contributed by atoms with Crippen LogP contribution in [0.4, 0.5) is 4.79 Å². The van der Waals surface area contributed by atoms with Crippen LogP contribution in [0.15, 0.2) is 22.9 Å². The molecule has 1 aliphatic carbocycles. The lowest BCUT2D eigenvalue weighted by molar-refractivity contribution is -0.131. The van der Waals surface area contributed by atoms with Gasteiger partial charge in [0, 0.05) is 23.0 Å². The number of aryl methyl sites for hydroxylation is 1. The van der Waals surface area contributed by atoms with E-state index in [0.29, 0.717) is 29.9 Å². The fraction of sp³-hybridized carbons (Fsp3) is 0.524. The third-order valence-corrected chi connectivity index (χ3v) is 6.14. The average Bonchev–Trinajstić information content (AvgIpc) is 3.33. The Morgan fingerprint density at radius 2 is 1.86 bits per heavy atom. The molecule has 1 N–H and O–H groups in total. The number of aromatic nitrogens is 2. The van der Waals surface area contributed by atoms with Gasteiger partial charge >= 0.3 is 6.03 Å². The number of ketones is 1. The molecule has 0 bridgehead atoms. The van der Waals surface area contributed by atoms with E-state index in [2.05, 4.69) is 10.5 Å². The highest BCUT2D eigenvalue weighted by molar-refractivity contribution is 6.11. The van der Waals surface area contributed by atoms with Crippen LogP contribution in [0.5, 0.6) is 0 Å². The zero-order valence-corrected chi connectivity index (χ0v) is 16.9. The molecule has 154 valence electrons. The number of hydrogen-bond acceptors (Lipinski definition) is 5. The first-order chi connectivity index (χ1) is 13.9. The standard InChI is InChI=1S/C21H26N4O4/c1-14-12-16(15(2)25(14)18-8-11-29-23-18)17(26)13-24-19(27)21(22-20(24)28)9-6-4-3-5-7-10-21/h8,11-12H,3-7,9-10,13H2,1-2H3,(H,22,28). The van der Waals surface area contributed by atoms with Crippen LogP contribution in [0.1, 0.15) is 66.7 Å². The molecule has 3 heterocycles. The van der Waals surface area contributed by atoms with Gasteiger partial charge in [-0.1, -0.05) is 37.3 Å². The zero-order chi connectivity index (χ0) is 20.6. The molecule has 8 heteroatoms. The highest BCUT2D eigenvalue weighted by Crippen LogP contribution is 2.32. The third-order valence-electron chi connectivity index (χ3n) is 6.14. The molecule has 4 rings (SSSR count). The molecule has 2 aromatic heterocycles. The van der Waals surface area contributed by atoms with Gasteiger partial charge in [-0.05, 0) is 32.8 Å². The van der Waals surface area contributed by atoms with Gasteiger partial charge in [0.15, 0.2) is 11.6 Å². The molecule has 0 unspecified atom stereocenters. The summed E-state index contributed by atoms with van der Waals surface area (Å²) in [5.41, 5.74) is 1.17. The molecule has 2 fully saturated rings. The number of urea groups is 1. The maximum absolute atomic E-state index is 13.1. The molecule has 1 spiro atoms. The summed E-state index contributed by atoms with van der Waals surface area (Å²) in [5, 5.41) is 6.83. The van der Waals surface area contributed by atoms with Gasteiger partial charge in [0.05, 0.1) is 6.54 Å². The second kappa shape index (κ2) is 7.50. The van der Waals surface area contributed by atoms with Gasteiger partial charge in [-0.15, -0.1) is 0 Å². The van der Waals surface area contributed by atoms with Gasteiger partial charge in [-0.3, -0.25) is 19.1 Å². The predicted molar refractivity (Wildman–Crippen MR) is 105 cm³/mol. The van der Waals surface area contributed by atoms with Crippen LogP contribution in [-0.4, -0.2) is 44.4 Å². The molecule has 1 saturated carbocycles. The third kappa shape index (κ3) is 3.36. The molecule has 0 atom stereocenters. The minimum atomic E-state index is -0.838. The second-order valence-electron chi connectivity index (χ2n) is 8.07. The van der Waals surface area contributed by atoms with E-state index in [1.165, 1.54) is 12.7 Å². The Labute approximate surface area is 169 Å². The van der Waals surface area contributed by atoms with Crippen molar-refractivity contribution in [1.82, 2.24) is 19.9 Å². The Bertz CT molecular complexity index is 936. The van der Waals surface area contributed by atoms with Crippen molar-refractivity contribution in [3.63, 3.8) is 0 Å². The lowest BCUT2D eigenvalue weighted by Crippen LogP contribution is -2.47.